The molecule has 0 aromatic heterocycles. The summed E-state index contributed by atoms with van der Waals surface area (Å²) in [6, 6.07) is 5.47. The molecule has 1 aromatic carbocycles. The van der Waals surface area contributed by atoms with Crippen molar-refractivity contribution in [2.75, 3.05) is 12.4 Å². The predicted octanol–water partition coefficient (Wildman–Crippen LogP) is 4.29. The SMILES string of the molecule is CCC1CCCC1Nc1ccc(OC)c(OC(F)F)c1. The minimum absolute atomic E-state index is 0.0681. The molecule has 0 radical (unpaired) electrons. The van der Waals surface area contributed by atoms with Crippen molar-refractivity contribution in [1.29, 1.82) is 0 Å². The average molecular weight is 285 g/mol. The van der Waals surface area contributed by atoms with Gasteiger partial charge in [-0.15, -0.1) is 0 Å². The van der Waals surface area contributed by atoms with Gasteiger partial charge in [-0.2, -0.15) is 8.78 Å². The van der Waals surface area contributed by atoms with E-state index in [4.69, 9.17) is 4.74 Å². The number of hydrogen-bond acceptors (Lipinski definition) is 3. The van der Waals surface area contributed by atoms with Crippen molar-refractivity contribution in [2.45, 2.75) is 45.3 Å². The summed E-state index contributed by atoms with van der Waals surface area (Å²) in [4.78, 5) is 0. The van der Waals surface area contributed by atoms with E-state index in [0.717, 1.165) is 18.5 Å². The molecule has 0 aliphatic heterocycles. The maximum absolute atomic E-state index is 12.4. The molecule has 1 aliphatic carbocycles. The number of alkyl halides is 2. The summed E-state index contributed by atoms with van der Waals surface area (Å²) in [5, 5.41) is 3.43. The van der Waals surface area contributed by atoms with Gasteiger partial charge in [0.1, 0.15) is 0 Å². The zero-order valence-electron chi connectivity index (χ0n) is 11.9. The van der Waals surface area contributed by atoms with E-state index in [-0.39, 0.29) is 5.75 Å². The molecule has 1 aliphatic rings. The smallest absolute Gasteiger partial charge is 0.387 e. The van der Waals surface area contributed by atoms with Crippen molar-refractivity contribution >= 4 is 5.69 Å². The zero-order chi connectivity index (χ0) is 14.5. The second-order valence-corrected chi connectivity index (χ2v) is 5.09. The van der Waals surface area contributed by atoms with Crippen LogP contribution < -0.4 is 14.8 Å². The summed E-state index contributed by atoms with van der Waals surface area (Å²) in [5.41, 5.74) is 0.798. The van der Waals surface area contributed by atoms with Crippen molar-refractivity contribution in [3.05, 3.63) is 18.2 Å². The van der Waals surface area contributed by atoms with E-state index in [1.807, 2.05) is 6.07 Å². The van der Waals surface area contributed by atoms with Crippen LogP contribution in [0.25, 0.3) is 0 Å². The third kappa shape index (κ3) is 3.52. The van der Waals surface area contributed by atoms with Crippen LogP contribution in [-0.4, -0.2) is 19.8 Å². The molecule has 1 saturated carbocycles. The average Bonchev–Trinajstić information content (AvgIpc) is 2.85. The first-order valence-electron chi connectivity index (χ1n) is 7.03. The molecule has 1 fully saturated rings. The Morgan fingerprint density at radius 2 is 2.10 bits per heavy atom. The Bertz CT molecular complexity index is 440. The van der Waals surface area contributed by atoms with Gasteiger partial charge in [-0.1, -0.05) is 19.8 Å². The van der Waals surface area contributed by atoms with Gasteiger partial charge in [0.25, 0.3) is 0 Å². The monoisotopic (exact) mass is 285 g/mol. The standard InChI is InChI=1S/C15H21F2NO2/c1-3-10-5-4-6-12(10)18-11-7-8-13(19-2)14(9-11)20-15(16)17/h7-10,12,15,18H,3-6H2,1-2H3. The lowest BCUT2D eigenvalue weighted by atomic mass is 10.0. The van der Waals surface area contributed by atoms with Crippen molar-refractivity contribution in [3.63, 3.8) is 0 Å². The molecule has 3 nitrogen and oxygen atoms in total. The second-order valence-electron chi connectivity index (χ2n) is 5.09. The van der Waals surface area contributed by atoms with Crippen LogP contribution in [-0.2, 0) is 0 Å². The van der Waals surface area contributed by atoms with E-state index in [0.29, 0.717) is 17.7 Å². The Labute approximate surface area is 118 Å². The van der Waals surface area contributed by atoms with Crippen LogP contribution in [0.4, 0.5) is 14.5 Å². The number of anilines is 1. The molecule has 0 spiro atoms. The number of nitrogens with one attached hydrogen (secondary N) is 1. The quantitative estimate of drug-likeness (QED) is 0.846. The summed E-state index contributed by atoms with van der Waals surface area (Å²) < 4.78 is 34.3. The molecule has 5 heteroatoms. The Balaban J connectivity index is 2.11. The number of ether oxygens (including phenoxy) is 2. The first kappa shape index (κ1) is 14.9. The van der Waals surface area contributed by atoms with Crippen LogP contribution >= 0.6 is 0 Å². The number of methoxy groups -OCH3 is 1. The third-order valence-electron chi connectivity index (χ3n) is 3.92. The zero-order valence-corrected chi connectivity index (χ0v) is 11.9. The lowest BCUT2D eigenvalue weighted by molar-refractivity contribution is -0.0511. The van der Waals surface area contributed by atoms with Gasteiger partial charge >= 0.3 is 6.61 Å². The van der Waals surface area contributed by atoms with E-state index in [2.05, 4.69) is 17.0 Å². The van der Waals surface area contributed by atoms with E-state index < -0.39 is 6.61 Å². The highest BCUT2D eigenvalue weighted by atomic mass is 19.3. The lowest BCUT2D eigenvalue weighted by Crippen LogP contribution is -2.23. The van der Waals surface area contributed by atoms with Crippen molar-refractivity contribution in [2.24, 2.45) is 5.92 Å². The van der Waals surface area contributed by atoms with Crippen LogP contribution in [0.1, 0.15) is 32.6 Å². The van der Waals surface area contributed by atoms with Gasteiger partial charge in [-0.25, -0.2) is 0 Å². The normalized spacial score (nSPS) is 22.1. The molecule has 0 amide bonds. The highest BCUT2D eigenvalue weighted by Gasteiger charge is 2.25. The fourth-order valence-electron chi connectivity index (χ4n) is 2.88. The molecule has 0 heterocycles. The van der Waals surface area contributed by atoms with Crippen LogP contribution in [0.15, 0.2) is 18.2 Å². The minimum Gasteiger partial charge on any atom is -0.493 e. The maximum Gasteiger partial charge on any atom is 0.387 e. The molecule has 0 saturated heterocycles. The predicted molar refractivity (Wildman–Crippen MR) is 74.7 cm³/mol. The molecule has 2 unspecified atom stereocenters. The highest BCUT2D eigenvalue weighted by molar-refractivity contribution is 5.55. The molecule has 1 aromatic rings. The minimum atomic E-state index is -2.85. The van der Waals surface area contributed by atoms with Gasteiger partial charge in [0, 0.05) is 17.8 Å². The summed E-state index contributed by atoms with van der Waals surface area (Å²) in [6.07, 6.45) is 4.70. The van der Waals surface area contributed by atoms with E-state index in [1.54, 1.807) is 12.1 Å². The van der Waals surface area contributed by atoms with E-state index in [9.17, 15) is 8.78 Å². The summed E-state index contributed by atoms with van der Waals surface area (Å²) in [7, 11) is 1.44. The summed E-state index contributed by atoms with van der Waals surface area (Å²) in [6.45, 7) is -0.668. The van der Waals surface area contributed by atoms with Gasteiger partial charge in [0.05, 0.1) is 7.11 Å². The molecule has 20 heavy (non-hydrogen) atoms. The number of hydrogen-bond donors (Lipinski definition) is 1. The fraction of sp³-hybridized carbons (Fsp3) is 0.600. The molecule has 1 N–H and O–H groups in total. The molecule has 2 atom stereocenters. The first-order chi connectivity index (χ1) is 9.63. The molecule has 112 valence electrons. The van der Waals surface area contributed by atoms with E-state index in [1.165, 1.54) is 20.0 Å². The molecule has 0 bridgehead atoms. The van der Waals surface area contributed by atoms with Crippen LogP contribution in [0, 0.1) is 5.92 Å². The van der Waals surface area contributed by atoms with Crippen molar-refractivity contribution in [3.8, 4) is 11.5 Å². The Hall–Kier alpha value is -1.52. The highest BCUT2D eigenvalue weighted by Crippen LogP contribution is 2.35. The van der Waals surface area contributed by atoms with Crippen molar-refractivity contribution in [1.82, 2.24) is 0 Å². The van der Waals surface area contributed by atoms with Crippen molar-refractivity contribution < 1.29 is 18.3 Å². The van der Waals surface area contributed by atoms with Crippen LogP contribution in [0.2, 0.25) is 0 Å². The third-order valence-corrected chi connectivity index (χ3v) is 3.92. The maximum atomic E-state index is 12.4. The van der Waals surface area contributed by atoms with Gasteiger partial charge in [0.2, 0.25) is 0 Å². The van der Waals surface area contributed by atoms with Crippen LogP contribution in [0.3, 0.4) is 0 Å². The second kappa shape index (κ2) is 6.77. The lowest BCUT2D eigenvalue weighted by Gasteiger charge is -2.21. The topological polar surface area (TPSA) is 30.5 Å². The number of benzene rings is 1. The number of halogens is 2. The molecular weight excluding hydrogens is 264 g/mol. The fourth-order valence-corrected chi connectivity index (χ4v) is 2.88. The van der Waals surface area contributed by atoms with Gasteiger partial charge < -0.3 is 14.8 Å². The Kier molecular flexibility index (Phi) is 5.04. The Morgan fingerprint density at radius 1 is 1.30 bits per heavy atom. The summed E-state index contributed by atoms with van der Waals surface area (Å²) in [5.74, 6) is 1.03. The van der Waals surface area contributed by atoms with Gasteiger partial charge in [-0.3, -0.25) is 0 Å². The summed E-state index contributed by atoms with van der Waals surface area (Å²) >= 11 is 0. The van der Waals surface area contributed by atoms with E-state index >= 15 is 0 Å². The molecular formula is C15H21F2NO2. The van der Waals surface area contributed by atoms with Crippen LogP contribution in [0.5, 0.6) is 11.5 Å². The molecule has 2 rings (SSSR count). The van der Waals surface area contributed by atoms with Gasteiger partial charge in [0.15, 0.2) is 11.5 Å². The first-order valence-corrected chi connectivity index (χ1v) is 7.03. The Morgan fingerprint density at radius 3 is 2.75 bits per heavy atom. The largest absolute Gasteiger partial charge is 0.493 e. The number of rotatable bonds is 6. The van der Waals surface area contributed by atoms with Gasteiger partial charge in [-0.05, 0) is 30.9 Å².